The Morgan fingerprint density at radius 2 is 2.22 bits per heavy atom. The molecule has 8 heteroatoms. The van der Waals surface area contributed by atoms with Gasteiger partial charge in [-0.2, -0.15) is 0 Å². The molecule has 2 amide bonds. The average molecular weight is 357 g/mol. The fourth-order valence-electron chi connectivity index (χ4n) is 2.00. The Labute approximate surface area is 143 Å². The third-order valence-electron chi connectivity index (χ3n) is 3.34. The van der Waals surface area contributed by atoms with Crippen molar-refractivity contribution in [1.29, 1.82) is 0 Å². The zero-order valence-electron chi connectivity index (χ0n) is 12.6. The van der Waals surface area contributed by atoms with Crippen LogP contribution >= 0.6 is 23.4 Å². The molecule has 0 unspecified atom stereocenters. The molecule has 0 bridgehead atoms. The number of carbonyl (C=O) groups is 3. The first kappa shape index (κ1) is 17.6. The Bertz CT molecular complexity index is 623. The third-order valence-corrected chi connectivity index (χ3v) is 4.64. The first-order chi connectivity index (χ1) is 11.0. The highest BCUT2D eigenvalue weighted by atomic mass is 35.5. The smallest absolute Gasteiger partial charge is 0.308 e. The Morgan fingerprint density at radius 3 is 2.91 bits per heavy atom. The summed E-state index contributed by atoms with van der Waals surface area (Å²) in [5, 5.41) is 3.17. The Morgan fingerprint density at radius 1 is 1.43 bits per heavy atom. The molecule has 0 saturated carbocycles. The molecular formula is C15H17ClN2O4S. The number of nitrogens with zero attached hydrogens (tertiary/aromatic N) is 1. The second-order valence-electron chi connectivity index (χ2n) is 4.97. The van der Waals surface area contributed by atoms with E-state index in [1.165, 1.54) is 11.8 Å². The fourth-order valence-corrected chi connectivity index (χ4v) is 3.03. The number of esters is 1. The second kappa shape index (κ2) is 8.21. The normalized spacial score (nSPS) is 14.0. The molecule has 2 rings (SSSR count). The van der Waals surface area contributed by atoms with Gasteiger partial charge in [-0.25, -0.2) is 0 Å². The van der Waals surface area contributed by atoms with Crippen LogP contribution in [0.4, 0.5) is 10.5 Å². The molecule has 1 saturated heterocycles. The van der Waals surface area contributed by atoms with E-state index in [0.717, 1.165) is 11.3 Å². The number of hydrogen-bond donors (Lipinski definition) is 1. The molecule has 0 spiro atoms. The SMILES string of the molecule is Cc1c(Cl)cccc1NC(=O)COC(=O)CCN1CCSC1=O. The summed E-state index contributed by atoms with van der Waals surface area (Å²) in [6, 6.07) is 5.17. The lowest BCUT2D eigenvalue weighted by Gasteiger charge is -2.13. The Balaban J connectivity index is 1.72. The predicted molar refractivity (Wildman–Crippen MR) is 89.8 cm³/mol. The number of ether oxygens (including phenoxy) is 1. The van der Waals surface area contributed by atoms with E-state index in [4.69, 9.17) is 16.3 Å². The van der Waals surface area contributed by atoms with Crippen molar-refractivity contribution in [2.45, 2.75) is 13.3 Å². The van der Waals surface area contributed by atoms with Gasteiger partial charge in [-0.1, -0.05) is 29.4 Å². The number of thioether (sulfide) groups is 1. The lowest BCUT2D eigenvalue weighted by Crippen LogP contribution is -2.27. The molecule has 23 heavy (non-hydrogen) atoms. The fraction of sp³-hybridized carbons (Fsp3) is 0.400. The summed E-state index contributed by atoms with van der Waals surface area (Å²) in [5.41, 5.74) is 1.33. The van der Waals surface area contributed by atoms with Gasteiger partial charge in [0.25, 0.3) is 11.1 Å². The van der Waals surface area contributed by atoms with Crippen molar-refractivity contribution in [2.75, 3.05) is 30.8 Å². The maximum atomic E-state index is 11.8. The van der Waals surface area contributed by atoms with Gasteiger partial charge < -0.3 is 15.0 Å². The van der Waals surface area contributed by atoms with Crippen LogP contribution in [0.5, 0.6) is 0 Å². The largest absolute Gasteiger partial charge is 0.456 e. The summed E-state index contributed by atoms with van der Waals surface area (Å²) in [4.78, 5) is 36.4. The van der Waals surface area contributed by atoms with Gasteiger partial charge in [0.2, 0.25) is 0 Å². The van der Waals surface area contributed by atoms with Crippen molar-refractivity contribution < 1.29 is 19.1 Å². The molecule has 0 aliphatic carbocycles. The molecule has 6 nitrogen and oxygen atoms in total. The van der Waals surface area contributed by atoms with Gasteiger partial charge in [0.15, 0.2) is 6.61 Å². The van der Waals surface area contributed by atoms with Crippen molar-refractivity contribution in [2.24, 2.45) is 0 Å². The quantitative estimate of drug-likeness (QED) is 0.793. The molecule has 1 aliphatic heterocycles. The van der Waals surface area contributed by atoms with Crippen molar-refractivity contribution in [3.8, 4) is 0 Å². The molecule has 1 aromatic carbocycles. The van der Waals surface area contributed by atoms with E-state index in [-0.39, 0.29) is 18.3 Å². The van der Waals surface area contributed by atoms with Crippen LogP contribution in [0.3, 0.4) is 0 Å². The number of hydrogen-bond acceptors (Lipinski definition) is 5. The van der Waals surface area contributed by atoms with E-state index >= 15 is 0 Å². The van der Waals surface area contributed by atoms with Gasteiger partial charge in [-0.05, 0) is 24.6 Å². The highest BCUT2D eigenvalue weighted by Crippen LogP contribution is 2.22. The zero-order chi connectivity index (χ0) is 16.8. The number of benzene rings is 1. The van der Waals surface area contributed by atoms with E-state index in [1.807, 2.05) is 0 Å². The summed E-state index contributed by atoms with van der Waals surface area (Å²) in [7, 11) is 0. The topological polar surface area (TPSA) is 75.7 Å². The van der Waals surface area contributed by atoms with Crippen LogP contribution in [0.15, 0.2) is 18.2 Å². The summed E-state index contributed by atoms with van der Waals surface area (Å²) < 4.78 is 4.91. The van der Waals surface area contributed by atoms with Gasteiger partial charge in [-0.3, -0.25) is 14.4 Å². The molecule has 1 aromatic rings. The molecule has 1 aliphatic rings. The van der Waals surface area contributed by atoms with Crippen LogP contribution in [0.2, 0.25) is 5.02 Å². The van der Waals surface area contributed by atoms with E-state index in [1.54, 1.807) is 30.0 Å². The molecule has 1 N–H and O–H groups in total. The van der Waals surface area contributed by atoms with Crippen LogP contribution in [0.25, 0.3) is 0 Å². The molecule has 124 valence electrons. The summed E-state index contributed by atoms with van der Waals surface area (Å²) in [5.74, 6) is -0.195. The standard InChI is InChI=1S/C15H17ClN2O4S/c1-10-11(16)3-2-4-12(10)17-13(19)9-22-14(20)5-6-18-7-8-23-15(18)21/h2-4H,5-9H2,1H3,(H,17,19). The molecule has 0 aromatic heterocycles. The van der Waals surface area contributed by atoms with E-state index in [2.05, 4.69) is 5.32 Å². The highest BCUT2D eigenvalue weighted by molar-refractivity contribution is 8.13. The molecular weight excluding hydrogens is 340 g/mol. The molecule has 1 fully saturated rings. The maximum absolute atomic E-state index is 11.8. The van der Waals surface area contributed by atoms with Gasteiger partial charge in [0.1, 0.15) is 0 Å². The lowest BCUT2D eigenvalue weighted by atomic mass is 10.2. The molecule has 0 atom stereocenters. The lowest BCUT2D eigenvalue weighted by molar-refractivity contribution is -0.147. The maximum Gasteiger partial charge on any atom is 0.308 e. The average Bonchev–Trinajstić information content (AvgIpc) is 2.93. The number of carbonyl (C=O) groups excluding carboxylic acids is 3. The second-order valence-corrected chi connectivity index (χ2v) is 6.43. The third kappa shape index (κ3) is 5.14. The first-order valence-electron chi connectivity index (χ1n) is 7.09. The van der Waals surface area contributed by atoms with Crippen molar-refractivity contribution in [3.63, 3.8) is 0 Å². The van der Waals surface area contributed by atoms with Crippen LogP contribution in [0.1, 0.15) is 12.0 Å². The van der Waals surface area contributed by atoms with E-state index in [9.17, 15) is 14.4 Å². The number of halogens is 1. The van der Waals surface area contributed by atoms with Crippen LogP contribution in [-0.4, -0.2) is 47.5 Å². The zero-order valence-corrected chi connectivity index (χ0v) is 14.2. The molecule has 0 radical (unpaired) electrons. The predicted octanol–water partition coefficient (Wildman–Crippen LogP) is 2.69. The highest BCUT2D eigenvalue weighted by Gasteiger charge is 2.21. The minimum Gasteiger partial charge on any atom is -0.456 e. The Hall–Kier alpha value is -1.73. The van der Waals surface area contributed by atoms with Gasteiger partial charge in [-0.15, -0.1) is 0 Å². The van der Waals surface area contributed by atoms with Gasteiger partial charge in [0, 0.05) is 29.6 Å². The van der Waals surface area contributed by atoms with Gasteiger partial charge in [0.05, 0.1) is 6.42 Å². The van der Waals surface area contributed by atoms with E-state index < -0.39 is 11.9 Å². The number of rotatable bonds is 6. The monoisotopic (exact) mass is 356 g/mol. The van der Waals surface area contributed by atoms with E-state index in [0.29, 0.717) is 23.8 Å². The number of nitrogens with one attached hydrogen (secondary N) is 1. The van der Waals surface area contributed by atoms with Gasteiger partial charge >= 0.3 is 5.97 Å². The van der Waals surface area contributed by atoms with Crippen LogP contribution < -0.4 is 5.32 Å². The first-order valence-corrected chi connectivity index (χ1v) is 8.46. The molecule has 1 heterocycles. The van der Waals surface area contributed by atoms with Crippen molar-refractivity contribution >= 4 is 46.2 Å². The van der Waals surface area contributed by atoms with Crippen molar-refractivity contribution in [1.82, 2.24) is 4.90 Å². The minimum absolute atomic E-state index is 0.0213. The van der Waals surface area contributed by atoms with Crippen LogP contribution in [0, 0.1) is 6.92 Å². The minimum atomic E-state index is -0.507. The van der Waals surface area contributed by atoms with Crippen molar-refractivity contribution in [3.05, 3.63) is 28.8 Å². The summed E-state index contributed by atoms with van der Waals surface area (Å²) >= 11 is 7.21. The summed E-state index contributed by atoms with van der Waals surface area (Å²) in [6.45, 7) is 2.38. The number of amides is 2. The Kier molecular flexibility index (Phi) is 6.29. The summed E-state index contributed by atoms with van der Waals surface area (Å²) in [6.07, 6.45) is 0.0791. The number of anilines is 1. The van der Waals surface area contributed by atoms with Crippen LogP contribution in [-0.2, 0) is 14.3 Å².